The molecule has 0 aliphatic carbocycles. The van der Waals surface area contributed by atoms with Gasteiger partial charge < -0.3 is 40.9 Å². The van der Waals surface area contributed by atoms with E-state index < -0.39 is 0 Å². The van der Waals surface area contributed by atoms with Gasteiger partial charge in [0.05, 0.1) is 129 Å². The van der Waals surface area contributed by atoms with Gasteiger partial charge in [0.15, 0.2) is 0 Å². The molecule has 12 nitrogen and oxygen atoms in total. The van der Waals surface area contributed by atoms with Gasteiger partial charge in [0.1, 0.15) is 0 Å². The van der Waals surface area contributed by atoms with Crippen molar-refractivity contribution in [2.24, 2.45) is 22.9 Å². The summed E-state index contributed by atoms with van der Waals surface area (Å²) in [5.74, 6) is 3.35. The van der Waals surface area contributed by atoms with Crippen molar-refractivity contribution < 1.29 is 37.1 Å². The van der Waals surface area contributed by atoms with Gasteiger partial charge in [-0.3, -0.25) is 19.2 Å². The van der Waals surface area contributed by atoms with Crippen LogP contribution in [0.3, 0.4) is 0 Å². The highest BCUT2D eigenvalue weighted by molar-refractivity contribution is 8.14. The van der Waals surface area contributed by atoms with E-state index in [1.165, 1.54) is 105 Å². The second-order valence-electron chi connectivity index (χ2n) is 14.7. The fourth-order valence-corrected chi connectivity index (χ4v) is 9.00. The number of carbonyl (C=O) groups excluding carboxylic acids is 4. The zero-order valence-electron chi connectivity index (χ0n) is 36.9. The summed E-state index contributed by atoms with van der Waals surface area (Å²) in [5.41, 5.74) is 20.3. The number of unbranched alkanes of at least 4 members (excludes halogenated alkanes) is 1. The second kappa shape index (κ2) is 36.5. The second-order valence-corrected chi connectivity index (χ2v) is 19.1. The minimum absolute atomic E-state index is 0.249. The van der Waals surface area contributed by atoms with E-state index in [0.717, 1.165) is 99.8 Å². The Bertz CT molecular complexity index is 943. The Kier molecular flexibility index (Phi) is 40.4. The highest BCUT2D eigenvalue weighted by Crippen LogP contribution is 2.15. The number of rotatable bonds is 26. The van der Waals surface area contributed by atoms with E-state index >= 15 is 0 Å². The number of carbonyl (C=O) groups is 4. The fourth-order valence-electron chi connectivity index (χ4n) is 6.12. The third-order valence-electron chi connectivity index (χ3n) is 9.87. The molecule has 8 N–H and O–H groups in total. The van der Waals surface area contributed by atoms with E-state index in [4.69, 9.17) is 22.9 Å². The van der Waals surface area contributed by atoms with Gasteiger partial charge in [-0.15, -0.1) is 0 Å². The van der Waals surface area contributed by atoms with Crippen LogP contribution in [0.1, 0.15) is 94.4 Å². The summed E-state index contributed by atoms with van der Waals surface area (Å²) in [4.78, 5) is 42.2. The number of thioether (sulfide) groups is 4. The molecule has 54 heavy (non-hydrogen) atoms. The summed E-state index contributed by atoms with van der Waals surface area (Å²) in [7, 11) is 6.25. The number of quaternary nitrogens is 4. The Morgan fingerprint density at radius 3 is 0.852 bits per heavy atom. The van der Waals surface area contributed by atoms with Crippen LogP contribution in [-0.4, -0.2) is 168 Å². The Hall–Kier alpha value is -0.880. The minimum Gasteiger partial charge on any atom is -0.361 e. The van der Waals surface area contributed by atoms with Crippen molar-refractivity contribution in [3.8, 4) is 0 Å². The molecule has 0 bridgehead atoms. The average molecular weight is 849 g/mol. The summed E-state index contributed by atoms with van der Waals surface area (Å²) >= 11 is 4.91. The standard InChI is InChI=1S/C12H26N2OS.C11H24N2OS.C9H20N2OS.C6H14N2OS/c1-4-7-9-14(6-3,8-5-2)10-11-16-12(13)15;1-4-7-13(6-3,8-5-2)9-10-15-11(12)14;1-4-11(5-2,6-3)7-8-13-9(10)12;1-8(2,3)4-5-10-6(7)9/h4-11H2,1-3H3,(H-,13,15);4-10H2,1-3H3,(H-,12,14);4-8H2,1-3H3,(H-,10,12);4-5H2,1-3H3,(H-,7,9)/p+4. The molecule has 0 fully saturated rings. The van der Waals surface area contributed by atoms with Crippen LogP contribution >= 0.6 is 47.0 Å². The molecule has 0 spiro atoms. The molecule has 0 aromatic rings. The lowest BCUT2D eigenvalue weighted by atomic mass is 10.2. The number of nitrogens with two attached hydrogens (primary N) is 4. The van der Waals surface area contributed by atoms with Crippen molar-refractivity contribution in [1.29, 1.82) is 0 Å². The van der Waals surface area contributed by atoms with Crippen LogP contribution in [0.25, 0.3) is 0 Å². The summed E-state index contributed by atoms with van der Waals surface area (Å²) in [6, 6.07) is 0. The maximum absolute atomic E-state index is 10.7. The molecule has 324 valence electrons. The van der Waals surface area contributed by atoms with Crippen molar-refractivity contribution in [3.63, 3.8) is 0 Å². The van der Waals surface area contributed by atoms with Crippen molar-refractivity contribution >= 4 is 68.0 Å². The number of hydrogen-bond acceptors (Lipinski definition) is 8. The first-order valence-corrected chi connectivity index (χ1v) is 24.2. The predicted octanol–water partition coefficient (Wildman–Crippen LogP) is 7.48. The Morgan fingerprint density at radius 1 is 0.370 bits per heavy atom. The SMILES string of the molecule is CCCC[N+](CC)(CCC)CCSC(N)=O.CCC[N+](CC)(CCC)CCSC(N)=O.CC[N+](CC)(CC)CCSC(N)=O.C[N+](C)(C)CCSC(N)=O. The predicted molar refractivity (Wildman–Crippen MR) is 244 cm³/mol. The van der Waals surface area contributed by atoms with E-state index in [0.29, 0.717) is 0 Å². The molecule has 0 radical (unpaired) electrons. The van der Waals surface area contributed by atoms with E-state index in [1.807, 2.05) is 0 Å². The lowest BCUT2D eigenvalue weighted by Gasteiger charge is -2.37. The van der Waals surface area contributed by atoms with Crippen molar-refractivity contribution in [2.45, 2.75) is 94.4 Å². The topological polar surface area (TPSA) is 172 Å². The van der Waals surface area contributed by atoms with Crippen LogP contribution in [0.5, 0.6) is 0 Å². The first-order valence-electron chi connectivity index (χ1n) is 20.3. The molecule has 16 heteroatoms. The number of primary amides is 4. The number of nitrogens with zero attached hydrogens (tertiary/aromatic N) is 4. The summed E-state index contributed by atoms with van der Waals surface area (Å²) < 4.78 is 4.23. The lowest BCUT2D eigenvalue weighted by molar-refractivity contribution is -0.924. The van der Waals surface area contributed by atoms with Gasteiger partial charge in [0.2, 0.25) is 0 Å². The largest absolute Gasteiger partial charge is 0.361 e. The van der Waals surface area contributed by atoms with Crippen LogP contribution in [0.2, 0.25) is 0 Å². The molecular formula is C38H88N8O4S4+4. The van der Waals surface area contributed by atoms with Gasteiger partial charge in [-0.2, -0.15) is 0 Å². The molecule has 0 rings (SSSR count). The van der Waals surface area contributed by atoms with Gasteiger partial charge in [0, 0.05) is 0 Å². The monoisotopic (exact) mass is 849 g/mol. The minimum atomic E-state index is -0.284. The molecule has 0 saturated carbocycles. The van der Waals surface area contributed by atoms with E-state index in [1.54, 1.807) is 0 Å². The maximum Gasteiger partial charge on any atom is 0.276 e. The van der Waals surface area contributed by atoms with E-state index in [2.05, 4.69) is 83.5 Å². The number of hydrogen-bond donors (Lipinski definition) is 4. The molecule has 0 aliphatic rings. The molecule has 0 saturated heterocycles. The molecular weight excluding hydrogens is 761 g/mol. The van der Waals surface area contributed by atoms with Gasteiger partial charge in [-0.25, -0.2) is 0 Å². The smallest absolute Gasteiger partial charge is 0.276 e. The van der Waals surface area contributed by atoms with Crippen LogP contribution in [0.15, 0.2) is 0 Å². The highest BCUT2D eigenvalue weighted by Gasteiger charge is 2.24. The van der Waals surface area contributed by atoms with Gasteiger partial charge in [-0.05, 0) is 60.3 Å². The Morgan fingerprint density at radius 2 is 0.630 bits per heavy atom. The molecule has 0 heterocycles. The van der Waals surface area contributed by atoms with Crippen LogP contribution < -0.4 is 22.9 Å². The molecule has 4 amide bonds. The average Bonchev–Trinajstić information content (AvgIpc) is 3.09. The molecule has 1 atom stereocenters. The highest BCUT2D eigenvalue weighted by atomic mass is 32.2. The van der Waals surface area contributed by atoms with Gasteiger partial charge in [0.25, 0.3) is 21.0 Å². The van der Waals surface area contributed by atoms with Gasteiger partial charge in [-0.1, -0.05) is 81.2 Å². The lowest BCUT2D eigenvalue weighted by Crippen LogP contribution is -2.50. The van der Waals surface area contributed by atoms with E-state index in [9.17, 15) is 19.2 Å². The first-order chi connectivity index (χ1) is 25.2. The van der Waals surface area contributed by atoms with Crippen molar-refractivity contribution in [3.05, 3.63) is 0 Å². The third-order valence-corrected chi connectivity index (χ3v) is 12.6. The van der Waals surface area contributed by atoms with Crippen molar-refractivity contribution in [2.75, 3.05) is 129 Å². The molecule has 0 aromatic heterocycles. The van der Waals surface area contributed by atoms with Crippen LogP contribution in [0.4, 0.5) is 19.2 Å². The van der Waals surface area contributed by atoms with E-state index in [-0.39, 0.29) is 21.0 Å². The Balaban J connectivity index is -0.000000313. The normalized spacial score (nSPS) is 12.5. The molecule has 1 unspecified atom stereocenters. The number of amides is 4. The summed E-state index contributed by atoms with van der Waals surface area (Å²) in [5, 5.41) is -1.05. The first kappa shape index (κ1) is 59.8. The Labute approximate surface area is 350 Å². The molecule has 0 aromatic carbocycles. The third kappa shape index (κ3) is 36.7. The maximum atomic E-state index is 10.7. The van der Waals surface area contributed by atoms with Crippen LogP contribution in [0, 0.1) is 0 Å². The fraction of sp³-hybridized carbons (Fsp3) is 0.895. The van der Waals surface area contributed by atoms with Crippen molar-refractivity contribution in [1.82, 2.24) is 0 Å². The zero-order chi connectivity index (χ0) is 42.7. The van der Waals surface area contributed by atoms with Crippen LogP contribution in [-0.2, 0) is 0 Å². The molecule has 0 aliphatic heterocycles. The summed E-state index contributed by atoms with van der Waals surface area (Å²) in [6.45, 7) is 34.7. The quantitative estimate of drug-likeness (QED) is 0.0649. The van der Waals surface area contributed by atoms with Gasteiger partial charge >= 0.3 is 0 Å². The zero-order valence-corrected chi connectivity index (χ0v) is 40.2. The summed E-state index contributed by atoms with van der Waals surface area (Å²) in [6.07, 6.45) is 6.13.